The van der Waals surface area contributed by atoms with Crippen LogP contribution in [0.5, 0.6) is 0 Å². The highest BCUT2D eigenvalue weighted by molar-refractivity contribution is 9.10. The van der Waals surface area contributed by atoms with E-state index in [0.717, 1.165) is 10.0 Å². The number of pyridine rings is 1. The molecule has 0 bridgehead atoms. The molecule has 0 aliphatic carbocycles. The third kappa shape index (κ3) is 2.94. The molecule has 3 aromatic rings. The molecule has 112 valence electrons. The van der Waals surface area contributed by atoms with E-state index >= 15 is 0 Å². The van der Waals surface area contributed by atoms with Crippen LogP contribution in [0.2, 0.25) is 0 Å². The second-order valence-corrected chi connectivity index (χ2v) is 5.77. The molecule has 5 heteroatoms. The van der Waals surface area contributed by atoms with Gasteiger partial charge in [-0.15, -0.1) is 0 Å². The van der Waals surface area contributed by atoms with Gasteiger partial charge in [-0.2, -0.15) is 5.26 Å². The van der Waals surface area contributed by atoms with Gasteiger partial charge in [-0.25, -0.2) is 9.37 Å². The summed E-state index contributed by atoms with van der Waals surface area (Å²) in [5.41, 5.74) is 8.87. The summed E-state index contributed by atoms with van der Waals surface area (Å²) in [4.78, 5) is 4.24. The maximum Gasteiger partial charge on any atom is 0.142 e. The fourth-order valence-corrected chi connectivity index (χ4v) is 2.87. The van der Waals surface area contributed by atoms with Gasteiger partial charge in [-0.1, -0.05) is 46.3 Å². The summed E-state index contributed by atoms with van der Waals surface area (Å²) in [5.74, 6) is -0.227. The average Bonchev–Trinajstić information content (AvgIpc) is 2.54. The third-order valence-electron chi connectivity index (χ3n) is 3.44. The van der Waals surface area contributed by atoms with Gasteiger partial charge in [0.05, 0.1) is 5.69 Å². The summed E-state index contributed by atoms with van der Waals surface area (Å²) in [6, 6.07) is 17.5. The Labute approximate surface area is 141 Å². The van der Waals surface area contributed by atoms with Crippen molar-refractivity contribution in [2.24, 2.45) is 0 Å². The van der Waals surface area contributed by atoms with Gasteiger partial charge in [0.15, 0.2) is 0 Å². The third-order valence-corrected chi connectivity index (χ3v) is 4.14. The molecule has 1 heterocycles. The van der Waals surface area contributed by atoms with Crippen LogP contribution in [-0.2, 0) is 0 Å². The standard InChI is InChI=1S/C18H11BrFN3/c19-16-7-2-1-6-13(16)14-9-17(23-18(22)15(14)10-21)11-4-3-5-12(20)8-11/h1-9H,(H2,22,23). The zero-order valence-electron chi connectivity index (χ0n) is 11.9. The summed E-state index contributed by atoms with van der Waals surface area (Å²) >= 11 is 3.48. The fourth-order valence-electron chi connectivity index (χ4n) is 2.37. The van der Waals surface area contributed by atoms with Crippen molar-refractivity contribution in [1.82, 2.24) is 4.98 Å². The number of benzene rings is 2. The Kier molecular flexibility index (Phi) is 4.09. The van der Waals surface area contributed by atoms with E-state index in [9.17, 15) is 9.65 Å². The highest BCUT2D eigenvalue weighted by Gasteiger charge is 2.15. The van der Waals surface area contributed by atoms with Crippen molar-refractivity contribution in [3.63, 3.8) is 0 Å². The first kappa shape index (κ1) is 15.2. The zero-order valence-corrected chi connectivity index (χ0v) is 13.5. The number of nitrogens with zero attached hydrogens (tertiary/aromatic N) is 2. The molecule has 3 nitrogen and oxygen atoms in total. The number of nitrogen functional groups attached to an aromatic ring is 1. The smallest absolute Gasteiger partial charge is 0.142 e. The van der Waals surface area contributed by atoms with Gasteiger partial charge in [-0.05, 0) is 29.8 Å². The van der Waals surface area contributed by atoms with Crippen molar-refractivity contribution in [2.75, 3.05) is 5.73 Å². The summed E-state index contributed by atoms with van der Waals surface area (Å²) in [5, 5.41) is 9.41. The number of aromatic nitrogens is 1. The summed E-state index contributed by atoms with van der Waals surface area (Å²) < 4.78 is 14.3. The molecule has 23 heavy (non-hydrogen) atoms. The summed E-state index contributed by atoms with van der Waals surface area (Å²) in [6.07, 6.45) is 0. The van der Waals surface area contributed by atoms with Crippen LogP contribution in [0.4, 0.5) is 10.2 Å². The second-order valence-electron chi connectivity index (χ2n) is 4.92. The Morgan fingerprint density at radius 2 is 1.83 bits per heavy atom. The van der Waals surface area contributed by atoms with E-state index in [1.807, 2.05) is 24.3 Å². The normalized spacial score (nSPS) is 10.3. The lowest BCUT2D eigenvalue weighted by Crippen LogP contribution is -2.00. The Hall–Kier alpha value is -2.71. The number of hydrogen-bond acceptors (Lipinski definition) is 3. The van der Waals surface area contributed by atoms with E-state index in [-0.39, 0.29) is 11.6 Å². The number of halogens is 2. The first-order valence-corrected chi connectivity index (χ1v) is 7.61. The SMILES string of the molecule is N#Cc1c(-c2ccccc2Br)cc(-c2cccc(F)c2)nc1N. The van der Waals surface area contributed by atoms with Gasteiger partial charge in [0.25, 0.3) is 0 Å². The first-order chi connectivity index (χ1) is 11.1. The van der Waals surface area contributed by atoms with Crippen LogP contribution in [-0.4, -0.2) is 4.98 Å². The van der Waals surface area contributed by atoms with E-state index in [4.69, 9.17) is 5.73 Å². The number of hydrogen-bond donors (Lipinski definition) is 1. The lowest BCUT2D eigenvalue weighted by atomic mass is 9.98. The van der Waals surface area contributed by atoms with Gasteiger partial charge in [0, 0.05) is 15.6 Å². The van der Waals surface area contributed by atoms with Gasteiger partial charge in [0.1, 0.15) is 23.3 Å². The highest BCUT2D eigenvalue weighted by Crippen LogP contribution is 2.35. The average molecular weight is 368 g/mol. The molecule has 0 aliphatic heterocycles. The van der Waals surface area contributed by atoms with E-state index in [1.54, 1.807) is 18.2 Å². The van der Waals surface area contributed by atoms with Crippen molar-refractivity contribution in [1.29, 1.82) is 5.26 Å². The van der Waals surface area contributed by atoms with Gasteiger partial charge >= 0.3 is 0 Å². The molecule has 0 radical (unpaired) electrons. The minimum atomic E-state index is -0.352. The molecule has 0 saturated carbocycles. The maximum atomic E-state index is 13.5. The van der Waals surface area contributed by atoms with Crippen LogP contribution < -0.4 is 5.73 Å². The number of nitriles is 1. The van der Waals surface area contributed by atoms with Crippen molar-refractivity contribution in [3.05, 3.63) is 70.5 Å². The van der Waals surface area contributed by atoms with Crippen molar-refractivity contribution in [2.45, 2.75) is 0 Å². The first-order valence-electron chi connectivity index (χ1n) is 6.81. The minimum Gasteiger partial charge on any atom is -0.383 e. The monoisotopic (exact) mass is 367 g/mol. The number of rotatable bonds is 2. The molecule has 2 aromatic carbocycles. The highest BCUT2D eigenvalue weighted by atomic mass is 79.9. The fraction of sp³-hybridized carbons (Fsp3) is 0. The van der Waals surface area contributed by atoms with Crippen molar-refractivity contribution >= 4 is 21.7 Å². The van der Waals surface area contributed by atoms with E-state index in [2.05, 4.69) is 27.0 Å². The van der Waals surface area contributed by atoms with Gasteiger partial charge in [0.2, 0.25) is 0 Å². The molecule has 0 atom stereocenters. The molecule has 0 aliphatic rings. The van der Waals surface area contributed by atoms with Crippen LogP contribution in [0.15, 0.2) is 59.1 Å². The maximum absolute atomic E-state index is 13.5. The molecule has 0 spiro atoms. The van der Waals surface area contributed by atoms with E-state index in [0.29, 0.717) is 22.4 Å². The molecular formula is C18H11BrFN3. The van der Waals surface area contributed by atoms with E-state index < -0.39 is 0 Å². The molecule has 0 saturated heterocycles. The lowest BCUT2D eigenvalue weighted by molar-refractivity contribution is 0.628. The predicted molar refractivity (Wildman–Crippen MR) is 91.9 cm³/mol. The van der Waals surface area contributed by atoms with Crippen LogP contribution in [0.25, 0.3) is 22.4 Å². The van der Waals surface area contributed by atoms with Crippen LogP contribution in [0.1, 0.15) is 5.56 Å². The molecular weight excluding hydrogens is 357 g/mol. The molecule has 0 amide bonds. The van der Waals surface area contributed by atoms with Crippen LogP contribution >= 0.6 is 15.9 Å². The Morgan fingerprint density at radius 1 is 1.04 bits per heavy atom. The summed E-state index contributed by atoms with van der Waals surface area (Å²) in [7, 11) is 0. The van der Waals surface area contributed by atoms with Gasteiger partial charge < -0.3 is 5.73 Å². The molecule has 2 N–H and O–H groups in total. The molecule has 3 rings (SSSR count). The van der Waals surface area contributed by atoms with E-state index in [1.165, 1.54) is 12.1 Å². The molecule has 1 aromatic heterocycles. The minimum absolute atomic E-state index is 0.125. The Balaban J connectivity index is 2.27. The van der Waals surface area contributed by atoms with Crippen molar-refractivity contribution in [3.8, 4) is 28.5 Å². The Morgan fingerprint density at radius 3 is 2.52 bits per heavy atom. The van der Waals surface area contributed by atoms with Crippen LogP contribution in [0.3, 0.4) is 0 Å². The molecule has 0 unspecified atom stereocenters. The molecule has 0 fully saturated rings. The number of nitrogens with two attached hydrogens (primary N) is 1. The topological polar surface area (TPSA) is 62.7 Å². The van der Waals surface area contributed by atoms with Gasteiger partial charge in [-0.3, -0.25) is 0 Å². The lowest BCUT2D eigenvalue weighted by Gasteiger charge is -2.11. The summed E-state index contributed by atoms with van der Waals surface area (Å²) in [6.45, 7) is 0. The quantitative estimate of drug-likeness (QED) is 0.709. The zero-order chi connectivity index (χ0) is 16.4. The van der Waals surface area contributed by atoms with Crippen LogP contribution in [0, 0.1) is 17.1 Å². The Bertz CT molecular complexity index is 932. The largest absolute Gasteiger partial charge is 0.383 e. The second kappa shape index (κ2) is 6.19. The predicted octanol–water partition coefficient (Wildman–Crippen LogP) is 4.77. The van der Waals surface area contributed by atoms with Crippen molar-refractivity contribution < 1.29 is 4.39 Å². The number of anilines is 1.